The number of hydrogen-bond acceptors (Lipinski definition) is 4. The van der Waals surface area contributed by atoms with Gasteiger partial charge in [-0.25, -0.2) is 8.42 Å². The Morgan fingerprint density at radius 3 is 2.16 bits per heavy atom. The summed E-state index contributed by atoms with van der Waals surface area (Å²) < 4.78 is 24.5. The monoisotopic (exact) mass is 361 g/mol. The highest BCUT2D eigenvalue weighted by atomic mass is 32.2. The van der Waals surface area contributed by atoms with E-state index in [9.17, 15) is 18.0 Å². The van der Waals surface area contributed by atoms with Crippen molar-refractivity contribution in [3.63, 3.8) is 0 Å². The van der Waals surface area contributed by atoms with E-state index in [1.807, 2.05) is 13.0 Å². The minimum absolute atomic E-state index is 0.0393. The third-order valence-corrected chi connectivity index (χ3v) is 4.67. The molecule has 2 rings (SSSR count). The Bertz CT molecular complexity index is 906. The Morgan fingerprint density at radius 1 is 0.960 bits per heavy atom. The molecule has 0 saturated carbocycles. The second-order valence-corrected chi connectivity index (χ2v) is 7.27. The van der Waals surface area contributed by atoms with Gasteiger partial charge in [0.05, 0.1) is 4.90 Å². The first kappa shape index (κ1) is 18.6. The van der Waals surface area contributed by atoms with Crippen molar-refractivity contribution in [2.75, 3.05) is 5.32 Å². The molecule has 0 spiro atoms. The van der Waals surface area contributed by atoms with Crippen LogP contribution < -0.4 is 15.6 Å². The Balaban J connectivity index is 2.08. The SMILES string of the molecule is CC(=O)Nc1ccc(S(=O)(=O)NNC(=O)c2ccc(C)cc2C)cc1. The Labute approximate surface area is 146 Å². The van der Waals surface area contributed by atoms with Crippen LogP contribution in [-0.4, -0.2) is 20.2 Å². The highest BCUT2D eigenvalue weighted by molar-refractivity contribution is 7.89. The van der Waals surface area contributed by atoms with Crippen molar-refractivity contribution in [3.05, 3.63) is 59.2 Å². The molecule has 0 aromatic heterocycles. The maximum absolute atomic E-state index is 12.2. The highest BCUT2D eigenvalue weighted by Crippen LogP contribution is 2.14. The predicted molar refractivity (Wildman–Crippen MR) is 94.4 cm³/mol. The van der Waals surface area contributed by atoms with E-state index in [0.717, 1.165) is 11.1 Å². The molecule has 25 heavy (non-hydrogen) atoms. The fraction of sp³-hybridized carbons (Fsp3) is 0.176. The van der Waals surface area contributed by atoms with Crippen LogP contribution in [0.15, 0.2) is 47.4 Å². The lowest BCUT2D eigenvalue weighted by molar-refractivity contribution is -0.114. The fourth-order valence-corrected chi connectivity index (χ4v) is 3.07. The fourth-order valence-electron chi connectivity index (χ4n) is 2.23. The van der Waals surface area contributed by atoms with E-state index in [0.29, 0.717) is 11.3 Å². The van der Waals surface area contributed by atoms with Crippen molar-refractivity contribution in [1.29, 1.82) is 0 Å². The first-order valence-corrected chi connectivity index (χ1v) is 8.94. The van der Waals surface area contributed by atoms with Gasteiger partial charge in [0.2, 0.25) is 5.91 Å². The summed E-state index contributed by atoms with van der Waals surface area (Å²) >= 11 is 0. The number of amides is 2. The number of sulfonamides is 1. The molecule has 2 aromatic carbocycles. The van der Waals surface area contributed by atoms with Gasteiger partial charge < -0.3 is 5.32 Å². The summed E-state index contributed by atoms with van der Waals surface area (Å²) in [7, 11) is -3.92. The molecule has 0 bridgehead atoms. The van der Waals surface area contributed by atoms with Crippen LogP contribution in [0.3, 0.4) is 0 Å². The summed E-state index contributed by atoms with van der Waals surface area (Å²) in [6, 6.07) is 10.8. The molecule has 0 atom stereocenters. The standard InChI is InChI=1S/C17H19N3O4S/c1-11-4-9-16(12(2)10-11)17(22)19-20-25(23,24)15-7-5-14(6-8-15)18-13(3)21/h4-10,20H,1-3H3,(H,18,21)(H,19,22). The van der Waals surface area contributed by atoms with Gasteiger partial charge in [-0.1, -0.05) is 17.7 Å². The van der Waals surface area contributed by atoms with Gasteiger partial charge >= 0.3 is 0 Å². The summed E-state index contributed by atoms with van der Waals surface area (Å²) in [5.74, 6) is -0.801. The smallest absolute Gasteiger partial charge is 0.266 e. The number of benzene rings is 2. The third kappa shape index (κ3) is 4.88. The van der Waals surface area contributed by atoms with Crippen molar-refractivity contribution in [2.45, 2.75) is 25.7 Å². The molecule has 132 valence electrons. The molecule has 0 aliphatic heterocycles. The molecule has 3 N–H and O–H groups in total. The Morgan fingerprint density at radius 2 is 1.60 bits per heavy atom. The average Bonchev–Trinajstić information content (AvgIpc) is 2.52. The van der Waals surface area contributed by atoms with E-state index < -0.39 is 15.9 Å². The summed E-state index contributed by atoms with van der Waals surface area (Å²) in [5, 5.41) is 2.54. The van der Waals surface area contributed by atoms with Crippen LogP contribution in [0.4, 0.5) is 5.69 Å². The second-order valence-electron chi connectivity index (χ2n) is 5.58. The maximum Gasteiger partial charge on any atom is 0.266 e. The number of carbonyl (C=O) groups is 2. The summed E-state index contributed by atoms with van der Waals surface area (Å²) in [6.07, 6.45) is 0. The summed E-state index contributed by atoms with van der Waals surface area (Å²) in [6.45, 7) is 5.04. The molecule has 0 aliphatic carbocycles. The van der Waals surface area contributed by atoms with Crippen molar-refractivity contribution in [1.82, 2.24) is 10.3 Å². The number of aryl methyl sites for hydroxylation is 2. The zero-order valence-electron chi connectivity index (χ0n) is 14.1. The van der Waals surface area contributed by atoms with Gasteiger partial charge in [0.25, 0.3) is 15.9 Å². The van der Waals surface area contributed by atoms with E-state index in [1.54, 1.807) is 19.1 Å². The number of anilines is 1. The van der Waals surface area contributed by atoms with Gasteiger partial charge in [-0.15, -0.1) is 4.83 Å². The van der Waals surface area contributed by atoms with E-state index in [-0.39, 0.29) is 10.8 Å². The van der Waals surface area contributed by atoms with Crippen LogP contribution in [-0.2, 0) is 14.8 Å². The van der Waals surface area contributed by atoms with Gasteiger partial charge in [0.1, 0.15) is 0 Å². The van der Waals surface area contributed by atoms with Crippen molar-refractivity contribution >= 4 is 27.5 Å². The van der Waals surface area contributed by atoms with Gasteiger partial charge in [-0.05, 0) is 49.7 Å². The average molecular weight is 361 g/mol. The number of nitrogens with one attached hydrogen (secondary N) is 3. The Kier molecular flexibility index (Phi) is 5.55. The number of hydrazine groups is 1. The molecule has 2 aromatic rings. The molecule has 8 heteroatoms. The van der Waals surface area contributed by atoms with E-state index >= 15 is 0 Å². The first-order chi connectivity index (χ1) is 11.7. The predicted octanol–water partition coefficient (Wildman–Crippen LogP) is 1.89. The first-order valence-electron chi connectivity index (χ1n) is 7.46. The Hall–Kier alpha value is -2.71. The summed E-state index contributed by atoms with van der Waals surface area (Å²) in [5.41, 5.74) is 4.81. The number of rotatable bonds is 5. The van der Waals surface area contributed by atoms with Gasteiger partial charge in [-0.2, -0.15) is 0 Å². The van der Waals surface area contributed by atoms with Crippen LogP contribution in [0, 0.1) is 13.8 Å². The van der Waals surface area contributed by atoms with Crippen LogP contribution in [0.1, 0.15) is 28.4 Å². The quantitative estimate of drug-likeness (QED) is 0.707. The molecule has 0 aliphatic rings. The van der Waals surface area contributed by atoms with E-state index in [1.165, 1.54) is 31.2 Å². The lowest BCUT2D eigenvalue weighted by Gasteiger charge is -2.11. The molecular formula is C17H19N3O4S. The van der Waals surface area contributed by atoms with Crippen LogP contribution >= 0.6 is 0 Å². The minimum Gasteiger partial charge on any atom is -0.326 e. The zero-order valence-corrected chi connectivity index (χ0v) is 14.9. The summed E-state index contributed by atoms with van der Waals surface area (Å²) in [4.78, 5) is 25.1. The molecule has 0 fully saturated rings. The largest absolute Gasteiger partial charge is 0.326 e. The lowest BCUT2D eigenvalue weighted by Crippen LogP contribution is -2.41. The van der Waals surface area contributed by atoms with E-state index in [2.05, 4.69) is 15.6 Å². The maximum atomic E-state index is 12.2. The normalized spacial score (nSPS) is 11.0. The number of carbonyl (C=O) groups excluding carboxylic acids is 2. The van der Waals surface area contributed by atoms with Crippen LogP contribution in [0.2, 0.25) is 0 Å². The third-order valence-electron chi connectivity index (χ3n) is 3.41. The van der Waals surface area contributed by atoms with Crippen LogP contribution in [0.5, 0.6) is 0 Å². The van der Waals surface area contributed by atoms with E-state index in [4.69, 9.17) is 0 Å². The van der Waals surface area contributed by atoms with Crippen molar-refractivity contribution in [3.8, 4) is 0 Å². The van der Waals surface area contributed by atoms with Gasteiger partial charge in [0.15, 0.2) is 0 Å². The molecule has 0 saturated heterocycles. The minimum atomic E-state index is -3.92. The topological polar surface area (TPSA) is 104 Å². The molecule has 7 nitrogen and oxygen atoms in total. The molecule has 0 unspecified atom stereocenters. The van der Waals surface area contributed by atoms with Crippen LogP contribution in [0.25, 0.3) is 0 Å². The molecule has 0 heterocycles. The van der Waals surface area contributed by atoms with Crippen molar-refractivity contribution in [2.24, 2.45) is 0 Å². The molecular weight excluding hydrogens is 342 g/mol. The second kappa shape index (κ2) is 7.45. The molecule has 0 radical (unpaired) electrons. The lowest BCUT2D eigenvalue weighted by atomic mass is 10.1. The zero-order chi connectivity index (χ0) is 18.6. The van der Waals surface area contributed by atoms with Gasteiger partial charge in [0, 0.05) is 18.2 Å². The number of hydrogen-bond donors (Lipinski definition) is 3. The molecule has 2 amide bonds. The van der Waals surface area contributed by atoms with Gasteiger partial charge in [-0.3, -0.25) is 15.0 Å². The van der Waals surface area contributed by atoms with Crippen molar-refractivity contribution < 1.29 is 18.0 Å². The highest BCUT2D eigenvalue weighted by Gasteiger charge is 2.16.